The molecule has 0 spiro atoms. The Morgan fingerprint density at radius 2 is 1.71 bits per heavy atom. The Hall–Kier alpha value is -2.94. The van der Waals surface area contributed by atoms with Crippen molar-refractivity contribution < 1.29 is 27.2 Å². The molecule has 2 aromatic carbocycles. The average molecular weight is 437 g/mol. The Bertz CT molecular complexity index is 954. The molecule has 1 fully saturated rings. The molecule has 1 heterocycles. The molecule has 0 bridgehead atoms. The highest BCUT2D eigenvalue weighted by Gasteiger charge is 2.35. The lowest BCUT2D eigenvalue weighted by Gasteiger charge is -2.34. The minimum absolute atomic E-state index is 0.148. The Morgan fingerprint density at radius 1 is 1.03 bits per heavy atom. The lowest BCUT2D eigenvalue weighted by Crippen LogP contribution is -2.50. The molecule has 0 radical (unpaired) electrons. The fourth-order valence-corrected chi connectivity index (χ4v) is 3.51. The molecule has 1 aliphatic heterocycles. The number of para-hydroxylation sites is 1. The van der Waals surface area contributed by atoms with E-state index in [2.05, 4.69) is 5.32 Å². The van der Waals surface area contributed by atoms with E-state index < -0.39 is 23.5 Å². The van der Waals surface area contributed by atoms with Crippen LogP contribution in [-0.4, -0.2) is 54.3 Å². The molecule has 9 heteroatoms. The molecule has 0 aromatic heterocycles. The maximum absolute atomic E-state index is 13.5. The molecule has 0 saturated carbocycles. The molecule has 2 amide bonds. The molecule has 2 aromatic rings. The number of carbonyl (C=O) groups is 2. The lowest BCUT2D eigenvalue weighted by atomic mass is 10.1. The smallest absolute Gasteiger partial charge is 0.336 e. The topological polar surface area (TPSA) is 52.7 Å². The number of nitrogens with zero attached hydrogens (tertiary/aromatic N) is 2. The fraction of sp³-hybridized carbons (Fsp3) is 0.364. The zero-order chi connectivity index (χ0) is 22.6. The van der Waals surface area contributed by atoms with E-state index in [-0.39, 0.29) is 31.1 Å². The summed E-state index contributed by atoms with van der Waals surface area (Å²) in [5, 5.41) is 2.89. The molecular formula is C22H23F4N3O2. The van der Waals surface area contributed by atoms with Crippen LogP contribution < -0.4 is 5.32 Å². The lowest BCUT2D eigenvalue weighted by molar-refractivity contribution is -0.140. The number of hydrogen-bond acceptors (Lipinski definition) is 3. The summed E-state index contributed by atoms with van der Waals surface area (Å²) >= 11 is 0. The highest BCUT2D eigenvalue weighted by molar-refractivity contribution is 5.95. The van der Waals surface area contributed by atoms with Crippen LogP contribution >= 0.6 is 0 Å². The molecule has 166 valence electrons. The number of aryl methyl sites for hydroxylation is 1. The van der Waals surface area contributed by atoms with Crippen LogP contribution in [0.1, 0.15) is 28.4 Å². The number of hydrogen-bond donors (Lipinski definition) is 1. The summed E-state index contributed by atoms with van der Waals surface area (Å²) in [6.07, 6.45) is -4.08. The molecule has 31 heavy (non-hydrogen) atoms. The molecule has 3 rings (SSSR count). The van der Waals surface area contributed by atoms with Crippen molar-refractivity contribution >= 4 is 17.5 Å². The van der Waals surface area contributed by atoms with E-state index in [0.717, 1.165) is 23.7 Å². The van der Waals surface area contributed by atoms with E-state index >= 15 is 0 Å². The van der Waals surface area contributed by atoms with Gasteiger partial charge in [-0.3, -0.25) is 14.5 Å². The maximum Gasteiger partial charge on any atom is 0.419 e. The average Bonchev–Trinajstić information content (AvgIpc) is 2.73. The second-order valence-corrected chi connectivity index (χ2v) is 7.32. The summed E-state index contributed by atoms with van der Waals surface area (Å²) in [4.78, 5) is 28.2. The summed E-state index contributed by atoms with van der Waals surface area (Å²) in [6, 6.07) is 9.79. The van der Waals surface area contributed by atoms with Crippen molar-refractivity contribution in [2.45, 2.75) is 19.5 Å². The number of rotatable bonds is 5. The molecule has 1 aliphatic rings. The summed E-state index contributed by atoms with van der Waals surface area (Å²) < 4.78 is 52.2. The van der Waals surface area contributed by atoms with E-state index in [9.17, 15) is 27.2 Å². The molecule has 0 atom stereocenters. The number of benzene rings is 2. The van der Waals surface area contributed by atoms with Gasteiger partial charge in [-0.15, -0.1) is 0 Å². The first kappa shape index (κ1) is 22.7. The highest BCUT2D eigenvalue weighted by Crippen LogP contribution is 2.32. The van der Waals surface area contributed by atoms with Gasteiger partial charge in [-0.1, -0.05) is 25.1 Å². The van der Waals surface area contributed by atoms with Crippen LogP contribution in [0.15, 0.2) is 42.5 Å². The molecule has 0 unspecified atom stereocenters. The van der Waals surface area contributed by atoms with E-state index in [1.807, 2.05) is 36.1 Å². The van der Waals surface area contributed by atoms with Crippen molar-refractivity contribution in [3.8, 4) is 0 Å². The van der Waals surface area contributed by atoms with Gasteiger partial charge in [0.05, 0.1) is 12.1 Å². The number of alkyl halides is 3. The summed E-state index contributed by atoms with van der Waals surface area (Å²) in [6.45, 7) is 3.48. The van der Waals surface area contributed by atoms with Crippen molar-refractivity contribution in [1.29, 1.82) is 0 Å². The van der Waals surface area contributed by atoms with Gasteiger partial charge in [0, 0.05) is 37.4 Å². The Morgan fingerprint density at radius 3 is 2.35 bits per heavy atom. The van der Waals surface area contributed by atoms with Crippen molar-refractivity contribution in [3.63, 3.8) is 0 Å². The Kier molecular flexibility index (Phi) is 6.94. The zero-order valence-corrected chi connectivity index (χ0v) is 17.0. The third kappa shape index (κ3) is 5.61. The minimum atomic E-state index is -4.87. The number of amides is 2. The van der Waals surface area contributed by atoms with Crippen LogP contribution in [0, 0.1) is 5.82 Å². The first-order chi connectivity index (χ1) is 14.7. The van der Waals surface area contributed by atoms with Gasteiger partial charge < -0.3 is 10.2 Å². The van der Waals surface area contributed by atoms with Gasteiger partial charge in [0.25, 0.3) is 5.91 Å². The molecule has 5 nitrogen and oxygen atoms in total. The Labute approximate surface area is 177 Å². The monoisotopic (exact) mass is 437 g/mol. The normalized spacial score (nSPS) is 15.1. The highest BCUT2D eigenvalue weighted by atomic mass is 19.4. The van der Waals surface area contributed by atoms with Gasteiger partial charge in [-0.05, 0) is 36.2 Å². The Balaban J connectivity index is 1.56. The quantitative estimate of drug-likeness (QED) is 0.724. The minimum Gasteiger partial charge on any atom is -0.336 e. The van der Waals surface area contributed by atoms with Gasteiger partial charge in [0.2, 0.25) is 5.91 Å². The molecule has 0 aliphatic carbocycles. The summed E-state index contributed by atoms with van der Waals surface area (Å²) in [5.74, 6) is -2.18. The van der Waals surface area contributed by atoms with Crippen molar-refractivity contribution in [1.82, 2.24) is 9.80 Å². The van der Waals surface area contributed by atoms with E-state index in [0.29, 0.717) is 25.2 Å². The van der Waals surface area contributed by atoms with Crippen molar-refractivity contribution in [2.24, 2.45) is 0 Å². The molecule has 1 N–H and O–H groups in total. The predicted molar refractivity (Wildman–Crippen MR) is 108 cm³/mol. The van der Waals surface area contributed by atoms with Crippen LogP contribution in [0.3, 0.4) is 0 Å². The fourth-order valence-electron chi connectivity index (χ4n) is 3.51. The first-order valence-corrected chi connectivity index (χ1v) is 9.95. The SMILES string of the molecule is CCc1ccccc1NC(=O)CN1CCN(C(=O)c2ccc(F)c(C(F)(F)F)c2)CC1. The number of halogens is 4. The predicted octanol–water partition coefficient (Wildman–Crippen LogP) is 3.80. The third-order valence-corrected chi connectivity index (χ3v) is 5.22. The van der Waals surface area contributed by atoms with Crippen LogP contribution in [0.4, 0.5) is 23.2 Å². The van der Waals surface area contributed by atoms with E-state index in [1.165, 1.54) is 4.90 Å². The summed E-state index contributed by atoms with van der Waals surface area (Å²) in [5.41, 5.74) is 0.126. The number of carbonyl (C=O) groups excluding carboxylic acids is 2. The number of piperazine rings is 1. The van der Waals surface area contributed by atoms with Crippen LogP contribution in [0.2, 0.25) is 0 Å². The number of nitrogens with one attached hydrogen (secondary N) is 1. The zero-order valence-electron chi connectivity index (χ0n) is 17.0. The van der Waals surface area contributed by atoms with Gasteiger partial charge >= 0.3 is 6.18 Å². The van der Waals surface area contributed by atoms with Crippen LogP contribution in [-0.2, 0) is 17.4 Å². The number of anilines is 1. The summed E-state index contributed by atoms with van der Waals surface area (Å²) in [7, 11) is 0. The van der Waals surface area contributed by atoms with Crippen LogP contribution in [0.25, 0.3) is 0 Å². The van der Waals surface area contributed by atoms with Crippen LogP contribution in [0.5, 0.6) is 0 Å². The van der Waals surface area contributed by atoms with Gasteiger partial charge in [-0.2, -0.15) is 13.2 Å². The second-order valence-electron chi connectivity index (χ2n) is 7.32. The van der Waals surface area contributed by atoms with Gasteiger partial charge in [0.1, 0.15) is 5.82 Å². The molecule has 1 saturated heterocycles. The first-order valence-electron chi connectivity index (χ1n) is 9.95. The van der Waals surface area contributed by atoms with Gasteiger partial charge in [-0.25, -0.2) is 4.39 Å². The van der Waals surface area contributed by atoms with Crippen molar-refractivity contribution in [2.75, 3.05) is 38.0 Å². The van der Waals surface area contributed by atoms with Crippen molar-refractivity contribution in [3.05, 3.63) is 65.0 Å². The van der Waals surface area contributed by atoms with E-state index in [4.69, 9.17) is 0 Å². The standard InChI is InChI=1S/C22H23F4N3O2/c1-2-15-5-3-4-6-19(15)27-20(30)14-28-9-11-29(12-10-28)21(31)16-7-8-18(23)17(13-16)22(24,25)26/h3-8,13H,2,9-12,14H2,1H3,(H,27,30). The van der Waals surface area contributed by atoms with Gasteiger partial charge in [0.15, 0.2) is 0 Å². The maximum atomic E-state index is 13.5. The second kappa shape index (κ2) is 9.47. The third-order valence-electron chi connectivity index (χ3n) is 5.22. The van der Waals surface area contributed by atoms with E-state index in [1.54, 1.807) is 0 Å². The largest absolute Gasteiger partial charge is 0.419 e. The molecular weight excluding hydrogens is 414 g/mol.